The van der Waals surface area contributed by atoms with Crippen LogP contribution in [0.15, 0.2) is 24.3 Å². The lowest BCUT2D eigenvalue weighted by Gasteiger charge is -2.62. The Labute approximate surface area is 253 Å². The molecule has 0 bridgehead atoms. The molecule has 0 heterocycles. The molecule has 0 spiro atoms. The molecule has 2 aromatic rings. The summed E-state index contributed by atoms with van der Waals surface area (Å²) in [7, 11) is 0. The van der Waals surface area contributed by atoms with Crippen LogP contribution in [-0.4, -0.2) is 44.7 Å². The van der Waals surface area contributed by atoms with Crippen LogP contribution in [0.4, 0.5) is 0 Å². The summed E-state index contributed by atoms with van der Waals surface area (Å²) in [5.74, 6) is -8.82. The molecule has 6 atom stereocenters. The zero-order valence-corrected chi connectivity index (χ0v) is 26.5. The van der Waals surface area contributed by atoms with E-state index in [0.29, 0.717) is 11.1 Å². The molecule has 5 rings (SSSR count). The third-order valence-electron chi connectivity index (χ3n) is 10.7. The Morgan fingerprint density at radius 1 is 0.953 bits per heavy atom. The predicted octanol–water partition coefficient (Wildman–Crippen LogP) is 5.50. The number of phenols is 1. The third-order valence-corrected chi connectivity index (χ3v) is 10.7. The molecule has 3 aliphatic carbocycles. The number of hydrogen-bond acceptors (Lipinski definition) is 7. The number of ketones is 5. The van der Waals surface area contributed by atoms with E-state index < -0.39 is 63.1 Å². The molecule has 0 saturated heterocycles. The Kier molecular flexibility index (Phi) is 7.05. The number of phenolic OH excluding ortho intramolecular Hbond substituents is 1. The summed E-state index contributed by atoms with van der Waals surface area (Å²) in [5.41, 5.74) is -0.471. The normalized spacial score (nSPS) is 32.1. The molecule has 3 aliphatic rings. The maximum absolute atomic E-state index is 14.6. The average Bonchev–Trinajstić information content (AvgIpc) is 2.86. The first-order chi connectivity index (χ1) is 19.8. The van der Waals surface area contributed by atoms with Crippen molar-refractivity contribution in [3.8, 4) is 16.9 Å². The molecule has 2 aromatic carbocycles. The largest absolute Gasteiger partial charge is 0.507 e. The Hall–Kier alpha value is -3.45. The van der Waals surface area contributed by atoms with Gasteiger partial charge in [0.2, 0.25) is 0 Å². The highest BCUT2D eigenvalue weighted by molar-refractivity contribution is 6.32. The molecule has 43 heavy (non-hydrogen) atoms. The van der Waals surface area contributed by atoms with Crippen LogP contribution >= 0.6 is 0 Å². The highest BCUT2D eigenvalue weighted by atomic mass is 16.3. The SMILES string of the molecule is CC(=O)C1C(=O)C(C(C)C)[C@@]2(C)C[C@@]3(C)Cc4c(C(C)C)cc(-c5ccc(C)cc5C)c(O)c4C(=O)C3C(=O)[C@@]2(O)C1=O. The number of rotatable bonds is 4. The van der Waals surface area contributed by atoms with Crippen molar-refractivity contribution in [2.45, 2.75) is 86.7 Å². The molecule has 0 aliphatic heterocycles. The minimum Gasteiger partial charge on any atom is -0.507 e. The molecule has 7 nitrogen and oxygen atoms in total. The fraction of sp³-hybridized carbons (Fsp3) is 0.528. The summed E-state index contributed by atoms with van der Waals surface area (Å²) in [6.07, 6.45) is 0.286. The Morgan fingerprint density at radius 2 is 1.58 bits per heavy atom. The van der Waals surface area contributed by atoms with Crippen LogP contribution in [0.25, 0.3) is 11.1 Å². The van der Waals surface area contributed by atoms with Crippen LogP contribution in [0.1, 0.15) is 93.4 Å². The van der Waals surface area contributed by atoms with Crippen LogP contribution in [0.5, 0.6) is 5.75 Å². The second-order valence-corrected chi connectivity index (χ2v) is 14.5. The van der Waals surface area contributed by atoms with Gasteiger partial charge >= 0.3 is 0 Å². The van der Waals surface area contributed by atoms with Gasteiger partial charge in [-0.1, -0.05) is 65.3 Å². The summed E-state index contributed by atoms with van der Waals surface area (Å²) in [5, 5.41) is 24.0. The van der Waals surface area contributed by atoms with Gasteiger partial charge < -0.3 is 10.2 Å². The number of aromatic hydroxyl groups is 1. The third kappa shape index (κ3) is 3.99. The summed E-state index contributed by atoms with van der Waals surface area (Å²) in [6.45, 7) is 16.0. The van der Waals surface area contributed by atoms with E-state index in [1.165, 1.54) is 0 Å². The fourth-order valence-electron chi connectivity index (χ4n) is 9.07. The average molecular weight is 587 g/mol. The van der Waals surface area contributed by atoms with Gasteiger partial charge in [-0.25, -0.2) is 0 Å². The molecule has 2 N–H and O–H groups in total. The van der Waals surface area contributed by atoms with Crippen molar-refractivity contribution in [1.82, 2.24) is 0 Å². The standard InChI is InChI=1S/C36H42O7/c1-16(2)22-13-23(21-11-10-18(5)12-19(21)6)29(38)26-24(22)14-34(8)15-35(9)27(17(3)4)30(39)25(20(7)37)32(41)36(35,43)33(42)28(34)31(26)40/h10-13,16-17,25,27-28,38,43H,14-15H2,1-9H3/t25?,27?,28?,34-,35-,36+/m1/s1. The van der Waals surface area contributed by atoms with Crippen LogP contribution < -0.4 is 0 Å². The smallest absolute Gasteiger partial charge is 0.190 e. The number of hydrogen-bond donors (Lipinski definition) is 2. The van der Waals surface area contributed by atoms with Gasteiger partial charge in [-0.15, -0.1) is 0 Å². The number of carbonyl (C=O) groups excluding carboxylic acids is 5. The molecular formula is C36H42O7. The van der Waals surface area contributed by atoms with Crippen LogP contribution in [0.2, 0.25) is 0 Å². The maximum atomic E-state index is 14.6. The minimum absolute atomic E-state index is 0.0174. The van der Waals surface area contributed by atoms with E-state index in [1.807, 2.05) is 58.9 Å². The number of aryl methyl sites for hydroxylation is 2. The zero-order valence-electron chi connectivity index (χ0n) is 26.5. The molecule has 228 valence electrons. The van der Waals surface area contributed by atoms with Crippen molar-refractivity contribution in [3.05, 3.63) is 52.1 Å². The first kappa shape index (κ1) is 31.0. The van der Waals surface area contributed by atoms with Crippen molar-refractivity contribution in [2.24, 2.45) is 34.5 Å². The minimum atomic E-state index is -2.70. The van der Waals surface area contributed by atoms with Crippen LogP contribution in [0.3, 0.4) is 0 Å². The maximum Gasteiger partial charge on any atom is 0.190 e. The summed E-state index contributed by atoms with van der Waals surface area (Å²) >= 11 is 0. The van der Waals surface area contributed by atoms with E-state index in [1.54, 1.807) is 20.8 Å². The van der Waals surface area contributed by atoms with E-state index >= 15 is 0 Å². The van der Waals surface area contributed by atoms with Gasteiger partial charge in [0.25, 0.3) is 0 Å². The summed E-state index contributed by atoms with van der Waals surface area (Å²) in [4.78, 5) is 69.3. The molecule has 0 amide bonds. The van der Waals surface area contributed by atoms with E-state index in [2.05, 4.69) is 0 Å². The van der Waals surface area contributed by atoms with Crippen molar-refractivity contribution < 1.29 is 34.2 Å². The highest BCUT2D eigenvalue weighted by Crippen LogP contribution is 2.64. The lowest BCUT2D eigenvalue weighted by molar-refractivity contribution is -0.205. The summed E-state index contributed by atoms with van der Waals surface area (Å²) in [6, 6.07) is 7.76. The van der Waals surface area contributed by atoms with Gasteiger partial charge in [-0.05, 0) is 79.2 Å². The zero-order chi connectivity index (χ0) is 32.1. The topological polar surface area (TPSA) is 126 Å². The van der Waals surface area contributed by atoms with Crippen LogP contribution in [-0.2, 0) is 25.6 Å². The number of aliphatic hydroxyl groups is 1. The number of Topliss-reactive ketones (excluding diaryl/α,β-unsaturated/α-hetero) is 5. The molecule has 3 unspecified atom stereocenters. The second kappa shape index (κ2) is 9.78. The molecule has 7 heteroatoms. The Balaban J connectivity index is 1.78. The second-order valence-electron chi connectivity index (χ2n) is 14.5. The number of fused-ring (bicyclic) bond motifs is 3. The van der Waals surface area contributed by atoms with Crippen molar-refractivity contribution in [2.75, 3.05) is 0 Å². The number of benzene rings is 2. The first-order valence-electron chi connectivity index (χ1n) is 15.2. The van der Waals surface area contributed by atoms with Crippen molar-refractivity contribution in [3.63, 3.8) is 0 Å². The molecule has 0 aromatic heterocycles. The predicted molar refractivity (Wildman–Crippen MR) is 162 cm³/mol. The van der Waals surface area contributed by atoms with Gasteiger partial charge in [0.15, 0.2) is 28.7 Å². The first-order valence-corrected chi connectivity index (χ1v) is 15.2. The van der Waals surface area contributed by atoms with Gasteiger partial charge in [0, 0.05) is 16.9 Å². The molecule has 2 saturated carbocycles. The molecule has 2 fully saturated rings. The van der Waals surface area contributed by atoms with E-state index in [4.69, 9.17) is 0 Å². The lowest BCUT2D eigenvalue weighted by Crippen LogP contribution is -2.76. The van der Waals surface area contributed by atoms with E-state index in [9.17, 15) is 34.2 Å². The quantitative estimate of drug-likeness (QED) is 0.453. The highest BCUT2D eigenvalue weighted by Gasteiger charge is 2.76. The van der Waals surface area contributed by atoms with Crippen LogP contribution in [0, 0.1) is 48.3 Å². The Morgan fingerprint density at radius 3 is 2.12 bits per heavy atom. The molecular weight excluding hydrogens is 544 g/mol. The molecule has 0 radical (unpaired) electrons. The van der Waals surface area contributed by atoms with E-state index in [0.717, 1.165) is 29.2 Å². The Bertz CT molecular complexity index is 1630. The summed E-state index contributed by atoms with van der Waals surface area (Å²) < 4.78 is 0. The number of carbonyl (C=O) groups is 5. The van der Waals surface area contributed by atoms with E-state index in [-0.39, 0.29) is 36.0 Å². The van der Waals surface area contributed by atoms with Crippen molar-refractivity contribution in [1.29, 1.82) is 0 Å². The van der Waals surface area contributed by atoms with Crippen molar-refractivity contribution >= 4 is 28.9 Å². The van der Waals surface area contributed by atoms with Gasteiger partial charge in [-0.3, -0.25) is 24.0 Å². The lowest BCUT2D eigenvalue weighted by atomic mass is 9.39. The van der Waals surface area contributed by atoms with Gasteiger partial charge in [0.05, 0.1) is 11.5 Å². The fourth-order valence-corrected chi connectivity index (χ4v) is 9.07. The van der Waals surface area contributed by atoms with Gasteiger partial charge in [0.1, 0.15) is 17.5 Å². The monoisotopic (exact) mass is 586 g/mol. The van der Waals surface area contributed by atoms with Gasteiger partial charge in [-0.2, -0.15) is 0 Å².